The summed E-state index contributed by atoms with van der Waals surface area (Å²) in [4.78, 5) is 46.9. The van der Waals surface area contributed by atoms with E-state index in [1.807, 2.05) is 40.4 Å². The second-order valence-electron chi connectivity index (χ2n) is 11.6. The molecule has 0 unspecified atom stereocenters. The summed E-state index contributed by atoms with van der Waals surface area (Å²) >= 11 is 0. The molecule has 36 heavy (non-hydrogen) atoms. The van der Waals surface area contributed by atoms with Crippen molar-refractivity contribution in [1.29, 1.82) is 0 Å². The molecule has 4 saturated heterocycles. The first-order valence-corrected chi connectivity index (χ1v) is 13.8. The first-order chi connectivity index (χ1) is 17.2. The first-order valence-electron chi connectivity index (χ1n) is 13.8. The summed E-state index contributed by atoms with van der Waals surface area (Å²) in [5, 5.41) is 4.48. The van der Waals surface area contributed by atoms with Crippen LogP contribution >= 0.6 is 0 Å². The highest BCUT2D eigenvalue weighted by molar-refractivity contribution is 5.80. The van der Waals surface area contributed by atoms with Gasteiger partial charge in [0, 0.05) is 77.4 Å². The Morgan fingerprint density at radius 2 is 1.81 bits per heavy atom. The molecule has 9 heteroatoms. The van der Waals surface area contributed by atoms with Crippen LogP contribution in [0.5, 0.6) is 0 Å². The SMILES string of the molecule is Cc1nn(C)c(C)c1CCN(C)C(=O)C1CCN(C(=O)N2C[C@@H]3C[C@H](C2)[C@H]2CCCC(=O)N2C3)CC1. The molecule has 0 aromatic carbocycles. The number of nitrogens with zero attached hydrogens (tertiary/aromatic N) is 6. The molecule has 2 bridgehead atoms. The number of aryl methyl sites for hydroxylation is 2. The summed E-state index contributed by atoms with van der Waals surface area (Å²) in [5.41, 5.74) is 3.42. The average Bonchev–Trinajstić information content (AvgIpc) is 3.12. The molecule has 0 saturated carbocycles. The fourth-order valence-electron chi connectivity index (χ4n) is 7.16. The summed E-state index contributed by atoms with van der Waals surface area (Å²) in [5.74, 6) is 1.29. The number of amides is 4. The fraction of sp³-hybridized carbons (Fsp3) is 0.778. The maximum atomic E-state index is 13.4. The van der Waals surface area contributed by atoms with Crippen LogP contribution in [0.4, 0.5) is 4.79 Å². The summed E-state index contributed by atoms with van der Waals surface area (Å²) in [7, 11) is 3.85. The molecule has 1 aromatic heterocycles. The zero-order valence-corrected chi connectivity index (χ0v) is 22.4. The van der Waals surface area contributed by atoms with Crippen LogP contribution in [0, 0.1) is 31.6 Å². The van der Waals surface area contributed by atoms with Gasteiger partial charge in [-0.15, -0.1) is 0 Å². The van der Waals surface area contributed by atoms with Gasteiger partial charge in [0.15, 0.2) is 0 Å². The van der Waals surface area contributed by atoms with E-state index in [0.717, 1.165) is 69.5 Å². The first kappa shape index (κ1) is 25.1. The molecular formula is C27H42N6O3. The van der Waals surface area contributed by atoms with Crippen LogP contribution < -0.4 is 0 Å². The lowest BCUT2D eigenvalue weighted by Crippen LogP contribution is -2.62. The molecular weight excluding hydrogens is 456 g/mol. The topological polar surface area (TPSA) is 82.0 Å². The Balaban J connectivity index is 1.11. The smallest absolute Gasteiger partial charge is 0.320 e. The third-order valence-electron chi connectivity index (χ3n) is 9.30. The monoisotopic (exact) mass is 498 g/mol. The van der Waals surface area contributed by atoms with Gasteiger partial charge in [0.05, 0.1) is 5.69 Å². The Bertz CT molecular complexity index is 1010. The summed E-state index contributed by atoms with van der Waals surface area (Å²) in [6, 6.07) is 0.443. The van der Waals surface area contributed by atoms with Crippen molar-refractivity contribution in [1.82, 2.24) is 29.4 Å². The van der Waals surface area contributed by atoms with Gasteiger partial charge in [-0.3, -0.25) is 14.3 Å². The number of aromatic nitrogens is 2. The molecule has 1 aromatic rings. The number of rotatable bonds is 4. The summed E-state index contributed by atoms with van der Waals surface area (Å²) in [6.07, 6.45) is 6.14. The Hall–Kier alpha value is -2.58. The van der Waals surface area contributed by atoms with Crippen LogP contribution in [-0.2, 0) is 23.1 Å². The number of hydrogen-bond acceptors (Lipinski definition) is 4. The predicted molar refractivity (Wildman–Crippen MR) is 136 cm³/mol. The fourth-order valence-corrected chi connectivity index (χ4v) is 7.16. The average molecular weight is 499 g/mol. The summed E-state index contributed by atoms with van der Waals surface area (Å²) in [6.45, 7) is 8.39. The van der Waals surface area contributed by atoms with Crippen LogP contribution in [0.3, 0.4) is 0 Å². The maximum Gasteiger partial charge on any atom is 0.320 e. The predicted octanol–water partition coefficient (Wildman–Crippen LogP) is 2.20. The number of piperidine rings is 4. The molecule has 9 nitrogen and oxygen atoms in total. The van der Waals surface area contributed by atoms with E-state index in [1.54, 1.807) is 0 Å². The van der Waals surface area contributed by atoms with E-state index in [-0.39, 0.29) is 17.9 Å². The second-order valence-corrected chi connectivity index (χ2v) is 11.6. The third kappa shape index (κ3) is 4.73. The third-order valence-corrected chi connectivity index (χ3v) is 9.30. The van der Waals surface area contributed by atoms with Gasteiger partial charge in [0.25, 0.3) is 0 Å². The van der Waals surface area contributed by atoms with Gasteiger partial charge in [-0.25, -0.2) is 4.79 Å². The maximum absolute atomic E-state index is 13.4. The van der Waals surface area contributed by atoms with E-state index < -0.39 is 0 Å². The van der Waals surface area contributed by atoms with Crippen LogP contribution in [0.1, 0.15) is 55.5 Å². The van der Waals surface area contributed by atoms with Crippen molar-refractivity contribution < 1.29 is 14.4 Å². The largest absolute Gasteiger partial charge is 0.345 e. The number of urea groups is 1. The summed E-state index contributed by atoms with van der Waals surface area (Å²) < 4.78 is 1.90. The lowest BCUT2D eigenvalue weighted by molar-refractivity contribution is -0.144. The standard InChI is InChI=1S/C27H42N6O3/c1-18-23(19(2)30(4)28-18)10-11-29(3)26(35)21-8-12-31(13-9-21)27(36)32-15-20-14-22(17-32)24-6-5-7-25(34)33(24)16-20/h20-22,24H,5-17H2,1-4H3/t20-,22+,24+/m0/s1. The number of hydrogen-bond donors (Lipinski definition) is 0. The lowest BCUT2D eigenvalue weighted by Gasteiger charge is -2.53. The van der Waals surface area contributed by atoms with Crippen molar-refractivity contribution >= 4 is 17.8 Å². The molecule has 0 N–H and O–H groups in total. The van der Waals surface area contributed by atoms with E-state index in [4.69, 9.17) is 0 Å². The Morgan fingerprint density at radius 3 is 2.50 bits per heavy atom. The molecule has 198 valence electrons. The minimum atomic E-state index is -0.0160. The molecule has 3 atom stereocenters. The Labute approximate surface area is 214 Å². The van der Waals surface area contributed by atoms with Crippen LogP contribution in [-0.4, -0.2) is 99.6 Å². The van der Waals surface area contributed by atoms with Crippen LogP contribution in [0.2, 0.25) is 0 Å². The van der Waals surface area contributed by atoms with Gasteiger partial charge in [0.2, 0.25) is 11.8 Å². The molecule has 5 rings (SSSR count). The van der Waals surface area contributed by atoms with Gasteiger partial charge in [0.1, 0.15) is 0 Å². The van der Waals surface area contributed by atoms with E-state index in [2.05, 4.69) is 16.9 Å². The zero-order chi connectivity index (χ0) is 25.6. The van der Waals surface area contributed by atoms with Crippen LogP contribution in [0.25, 0.3) is 0 Å². The molecule has 4 aliphatic heterocycles. The number of likely N-dealkylation sites (N-methyl/N-ethyl adjacent to an activating group) is 1. The normalized spacial score (nSPS) is 26.7. The van der Waals surface area contributed by atoms with E-state index in [0.29, 0.717) is 49.8 Å². The number of carbonyl (C=O) groups excluding carboxylic acids is 3. The van der Waals surface area contributed by atoms with Crippen molar-refractivity contribution in [3.63, 3.8) is 0 Å². The highest BCUT2D eigenvalue weighted by Gasteiger charge is 2.45. The van der Waals surface area contributed by atoms with Crippen molar-refractivity contribution in [2.45, 2.75) is 64.8 Å². The molecule has 4 fully saturated rings. The van der Waals surface area contributed by atoms with Gasteiger partial charge in [-0.05, 0) is 69.8 Å². The van der Waals surface area contributed by atoms with Gasteiger partial charge in [-0.1, -0.05) is 0 Å². The minimum absolute atomic E-state index is 0.0160. The highest BCUT2D eigenvalue weighted by atomic mass is 16.2. The molecule has 5 heterocycles. The minimum Gasteiger partial charge on any atom is -0.345 e. The van der Waals surface area contributed by atoms with E-state index in [9.17, 15) is 14.4 Å². The molecule has 0 spiro atoms. The Morgan fingerprint density at radius 1 is 1.06 bits per heavy atom. The van der Waals surface area contributed by atoms with E-state index in [1.165, 1.54) is 5.56 Å². The molecule has 0 radical (unpaired) electrons. The quantitative estimate of drug-likeness (QED) is 0.637. The van der Waals surface area contributed by atoms with Crippen LogP contribution in [0.15, 0.2) is 0 Å². The molecule has 4 aliphatic rings. The van der Waals surface area contributed by atoms with Gasteiger partial charge >= 0.3 is 6.03 Å². The molecule has 4 amide bonds. The van der Waals surface area contributed by atoms with Crippen molar-refractivity contribution in [2.75, 3.05) is 46.3 Å². The second kappa shape index (κ2) is 10.1. The van der Waals surface area contributed by atoms with Crippen molar-refractivity contribution in [2.24, 2.45) is 24.8 Å². The van der Waals surface area contributed by atoms with Crippen molar-refractivity contribution in [3.8, 4) is 0 Å². The van der Waals surface area contributed by atoms with Gasteiger partial charge in [-0.2, -0.15) is 5.10 Å². The van der Waals surface area contributed by atoms with Crippen molar-refractivity contribution in [3.05, 3.63) is 17.0 Å². The number of fused-ring (bicyclic) bond motifs is 4. The highest BCUT2D eigenvalue weighted by Crippen LogP contribution is 2.38. The number of likely N-dealkylation sites (tertiary alicyclic amines) is 2. The zero-order valence-electron chi connectivity index (χ0n) is 22.4. The number of carbonyl (C=O) groups is 3. The molecule has 0 aliphatic carbocycles. The van der Waals surface area contributed by atoms with Gasteiger partial charge < -0.3 is 19.6 Å². The lowest BCUT2D eigenvalue weighted by atomic mass is 9.76. The van der Waals surface area contributed by atoms with E-state index >= 15 is 0 Å². The Kier molecular flexibility index (Phi) is 7.01.